The second-order valence-corrected chi connectivity index (χ2v) is 6.82. The van der Waals surface area contributed by atoms with E-state index in [0.717, 1.165) is 38.2 Å². The van der Waals surface area contributed by atoms with Gasteiger partial charge in [0.25, 0.3) is 0 Å². The molecule has 1 saturated heterocycles. The van der Waals surface area contributed by atoms with E-state index in [4.69, 9.17) is 4.74 Å². The number of carbonyl (C=O) groups excluding carboxylic acids is 2. The first-order valence-electron chi connectivity index (χ1n) is 9.32. The van der Waals surface area contributed by atoms with Crippen molar-refractivity contribution in [2.24, 2.45) is 0 Å². The molecule has 0 atom stereocenters. The number of hydrogen-bond acceptors (Lipinski definition) is 3. The molecule has 1 aromatic rings. The molecule has 2 aliphatic rings. The van der Waals surface area contributed by atoms with Gasteiger partial charge in [-0.15, -0.1) is 0 Å². The van der Waals surface area contributed by atoms with Crippen molar-refractivity contribution in [1.29, 1.82) is 0 Å². The van der Waals surface area contributed by atoms with Crippen LogP contribution in [0.3, 0.4) is 0 Å². The van der Waals surface area contributed by atoms with E-state index >= 15 is 0 Å². The molecular formula is C19H28N3O3+. The van der Waals surface area contributed by atoms with Crippen molar-refractivity contribution in [1.82, 2.24) is 4.90 Å². The minimum atomic E-state index is -0.226. The molecule has 6 heteroatoms. The molecule has 136 valence electrons. The van der Waals surface area contributed by atoms with Crippen LogP contribution in [0, 0.1) is 0 Å². The molecule has 2 N–H and O–H groups in total. The predicted octanol–water partition coefficient (Wildman–Crippen LogP) is 0.861. The van der Waals surface area contributed by atoms with Crippen molar-refractivity contribution in [2.45, 2.75) is 32.6 Å². The van der Waals surface area contributed by atoms with E-state index in [2.05, 4.69) is 17.4 Å². The highest BCUT2D eigenvalue weighted by Gasteiger charge is 2.24. The van der Waals surface area contributed by atoms with Gasteiger partial charge >= 0.3 is 6.09 Å². The maximum absolute atomic E-state index is 12.2. The Morgan fingerprint density at radius 3 is 2.72 bits per heavy atom. The van der Waals surface area contributed by atoms with E-state index in [0.29, 0.717) is 26.1 Å². The van der Waals surface area contributed by atoms with Crippen LogP contribution in [0.4, 0.5) is 10.5 Å². The van der Waals surface area contributed by atoms with Crippen LogP contribution in [0.5, 0.6) is 0 Å². The number of ether oxygens (including phenoxy) is 1. The van der Waals surface area contributed by atoms with Gasteiger partial charge in [-0.05, 0) is 49.4 Å². The van der Waals surface area contributed by atoms with E-state index in [-0.39, 0.29) is 12.0 Å². The number of nitrogens with zero attached hydrogens (tertiary/aromatic N) is 1. The van der Waals surface area contributed by atoms with Crippen molar-refractivity contribution < 1.29 is 19.2 Å². The van der Waals surface area contributed by atoms with Gasteiger partial charge in [0.2, 0.25) is 5.91 Å². The normalized spacial score (nSPS) is 17.2. The average Bonchev–Trinajstić information content (AvgIpc) is 3.08. The lowest BCUT2D eigenvalue weighted by atomic mass is 10.1. The van der Waals surface area contributed by atoms with E-state index in [1.54, 1.807) is 4.90 Å². The Balaban J connectivity index is 1.39. The Kier molecular flexibility index (Phi) is 5.91. The summed E-state index contributed by atoms with van der Waals surface area (Å²) in [5, 5.41) is 3.02. The van der Waals surface area contributed by atoms with Gasteiger partial charge in [0.1, 0.15) is 0 Å². The molecular weight excluding hydrogens is 318 g/mol. The lowest BCUT2D eigenvalue weighted by Crippen LogP contribution is -3.15. The Morgan fingerprint density at radius 2 is 1.96 bits per heavy atom. The fourth-order valence-corrected chi connectivity index (χ4v) is 3.63. The number of hydrogen-bond donors (Lipinski definition) is 2. The Bertz CT molecular complexity index is 624. The first kappa shape index (κ1) is 17.7. The van der Waals surface area contributed by atoms with Crippen LogP contribution in [-0.2, 0) is 22.4 Å². The van der Waals surface area contributed by atoms with Crippen molar-refractivity contribution in [3.8, 4) is 0 Å². The van der Waals surface area contributed by atoms with Crippen molar-refractivity contribution in [3.05, 3.63) is 29.3 Å². The third-order valence-electron chi connectivity index (χ3n) is 5.08. The highest BCUT2D eigenvalue weighted by atomic mass is 16.6. The lowest BCUT2D eigenvalue weighted by molar-refractivity contribution is -0.903. The molecule has 1 fully saturated rings. The van der Waals surface area contributed by atoms with Crippen molar-refractivity contribution in [3.63, 3.8) is 0 Å². The number of amides is 2. The molecule has 1 aliphatic heterocycles. The fraction of sp³-hybridized carbons (Fsp3) is 0.579. The largest absolute Gasteiger partial charge is 0.450 e. The van der Waals surface area contributed by atoms with Crippen LogP contribution < -0.4 is 10.2 Å². The summed E-state index contributed by atoms with van der Waals surface area (Å²) in [6.07, 6.45) is 3.77. The molecule has 0 spiro atoms. The molecule has 1 aliphatic carbocycles. The highest BCUT2D eigenvalue weighted by Crippen LogP contribution is 2.24. The summed E-state index contributed by atoms with van der Waals surface area (Å²) in [5.41, 5.74) is 3.70. The Morgan fingerprint density at radius 1 is 1.20 bits per heavy atom. The number of anilines is 1. The van der Waals surface area contributed by atoms with Crippen LogP contribution in [0.15, 0.2) is 18.2 Å². The predicted molar refractivity (Wildman–Crippen MR) is 95.9 cm³/mol. The fourth-order valence-electron chi connectivity index (χ4n) is 3.63. The standard InChI is InChI=1S/C19H27N3O3/c1-2-25-19(24)22-12-10-21(11-13-22)9-8-18(23)20-17-7-6-15-4-3-5-16(15)14-17/h6-7,14H,2-5,8-13H2,1H3,(H,20,23)/p+1. The molecule has 0 aromatic heterocycles. The SMILES string of the molecule is CCOC(=O)N1CC[NH+](CCC(=O)Nc2ccc3c(c2)CCC3)CC1. The van der Waals surface area contributed by atoms with E-state index in [1.807, 2.05) is 13.0 Å². The van der Waals surface area contributed by atoms with Gasteiger partial charge in [-0.1, -0.05) is 6.07 Å². The zero-order valence-corrected chi connectivity index (χ0v) is 15.0. The summed E-state index contributed by atoms with van der Waals surface area (Å²) < 4.78 is 5.03. The number of quaternary nitrogens is 1. The van der Waals surface area contributed by atoms with E-state index in [1.165, 1.54) is 22.4 Å². The average molecular weight is 346 g/mol. The maximum Gasteiger partial charge on any atom is 0.410 e. The summed E-state index contributed by atoms with van der Waals surface area (Å²) in [5.74, 6) is 0.0678. The topological polar surface area (TPSA) is 63.1 Å². The molecule has 2 amide bonds. The molecule has 25 heavy (non-hydrogen) atoms. The van der Waals surface area contributed by atoms with Crippen molar-refractivity contribution >= 4 is 17.7 Å². The van der Waals surface area contributed by atoms with Gasteiger partial charge in [-0.2, -0.15) is 0 Å². The van der Waals surface area contributed by atoms with Gasteiger partial charge in [0, 0.05) is 5.69 Å². The first-order chi connectivity index (χ1) is 12.2. The van der Waals surface area contributed by atoms with Gasteiger partial charge < -0.3 is 15.0 Å². The van der Waals surface area contributed by atoms with E-state index in [9.17, 15) is 9.59 Å². The number of fused-ring (bicyclic) bond motifs is 1. The molecule has 1 aromatic carbocycles. The molecule has 6 nitrogen and oxygen atoms in total. The number of nitrogens with one attached hydrogen (secondary N) is 2. The maximum atomic E-state index is 12.2. The Hall–Kier alpha value is -2.08. The number of rotatable bonds is 5. The molecule has 0 saturated carbocycles. The number of benzene rings is 1. The zero-order valence-electron chi connectivity index (χ0n) is 15.0. The summed E-state index contributed by atoms with van der Waals surface area (Å²) in [6, 6.07) is 6.26. The third kappa shape index (κ3) is 4.72. The van der Waals surface area contributed by atoms with Crippen LogP contribution in [0.1, 0.15) is 30.9 Å². The second kappa shape index (κ2) is 8.34. The highest BCUT2D eigenvalue weighted by molar-refractivity contribution is 5.90. The Labute approximate surface area is 149 Å². The minimum Gasteiger partial charge on any atom is -0.450 e. The monoisotopic (exact) mass is 346 g/mol. The van der Waals surface area contributed by atoms with Crippen LogP contribution in [0.2, 0.25) is 0 Å². The molecule has 3 rings (SSSR count). The lowest BCUT2D eigenvalue weighted by Gasteiger charge is -2.31. The number of carbonyl (C=O) groups is 2. The number of aryl methyl sites for hydroxylation is 2. The van der Waals surface area contributed by atoms with Gasteiger partial charge in [0.15, 0.2) is 0 Å². The van der Waals surface area contributed by atoms with Crippen LogP contribution >= 0.6 is 0 Å². The van der Waals surface area contributed by atoms with E-state index < -0.39 is 0 Å². The summed E-state index contributed by atoms with van der Waals surface area (Å²) >= 11 is 0. The summed E-state index contributed by atoms with van der Waals surface area (Å²) in [7, 11) is 0. The quantitative estimate of drug-likeness (QED) is 0.831. The first-order valence-corrected chi connectivity index (χ1v) is 9.32. The smallest absolute Gasteiger partial charge is 0.410 e. The molecule has 1 heterocycles. The van der Waals surface area contributed by atoms with Gasteiger partial charge in [0.05, 0.1) is 45.8 Å². The van der Waals surface area contributed by atoms with Crippen LogP contribution in [0.25, 0.3) is 0 Å². The third-order valence-corrected chi connectivity index (χ3v) is 5.08. The second-order valence-electron chi connectivity index (χ2n) is 6.82. The minimum absolute atomic E-state index is 0.0678. The summed E-state index contributed by atoms with van der Waals surface area (Å²) in [6.45, 7) is 6.15. The number of piperazine rings is 1. The van der Waals surface area contributed by atoms with Gasteiger partial charge in [-0.25, -0.2) is 4.79 Å². The molecule has 0 bridgehead atoms. The summed E-state index contributed by atoms with van der Waals surface area (Å²) in [4.78, 5) is 27.0. The van der Waals surface area contributed by atoms with Crippen LogP contribution in [-0.4, -0.2) is 56.2 Å². The molecule has 0 radical (unpaired) electrons. The van der Waals surface area contributed by atoms with Gasteiger partial charge in [-0.3, -0.25) is 9.69 Å². The zero-order chi connectivity index (χ0) is 17.6. The van der Waals surface area contributed by atoms with Crippen molar-refractivity contribution in [2.75, 3.05) is 44.6 Å². The molecule has 0 unspecified atom stereocenters.